The predicted molar refractivity (Wildman–Crippen MR) is 136 cm³/mol. The first-order chi connectivity index (χ1) is 18.1. The fourth-order valence-electron chi connectivity index (χ4n) is 4.48. The van der Waals surface area contributed by atoms with Gasteiger partial charge in [-0.25, -0.2) is 13.6 Å². The van der Waals surface area contributed by atoms with Crippen LogP contribution in [0, 0.1) is 11.8 Å². The third kappa shape index (κ3) is 6.02. The quantitative estimate of drug-likeness (QED) is 0.318. The first-order valence-electron chi connectivity index (χ1n) is 12.4. The second-order valence-electron chi connectivity index (χ2n) is 9.02. The molecule has 4 rings (SSSR count). The van der Waals surface area contributed by atoms with Gasteiger partial charge in [0.05, 0.1) is 30.7 Å². The maximum atomic E-state index is 14.8. The minimum Gasteiger partial charge on any atom is -0.383 e. The van der Waals surface area contributed by atoms with Gasteiger partial charge in [-0.2, -0.15) is 23.4 Å². The fourth-order valence-corrected chi connectivity index (χ4v) is 4.48. The van der Waals surface area contributed by atoms with Gasteiger partial charge in [-0.1, -0.05) is 18.9 Å². The van der Waals surface area contributed by atoms with E-state index in [2.05, 4.69) is 32.7 Å². The molecule has 4 N–H and O–H groups in total. The average molecular weight is 535 g/mol. The van der Waals surface area contributed by atoms with Crippen LogP contribution in [-0.4, -0.2) is 74.8 Å². The fraction of sp³-hybridized carbons (Fsp3) is 0.480. The Bertz CT molecular complexity index is 1350. The zero-order valence-corrected chi connectivity index (χ0v) is 21.1. The molecule has 13 heteroatoms. The number of aryl methyl sites for hydroxylation is 1. The highest BCUT2D eigenvalue weighted by Gasteiger charge is 2.32. The lowest BCUT2D eigenvalue weighted by Gasteiger charge is -2.34. The highest BCUT2D eigenvalue weighted by atomic mass is 19.4. The van der Waals surface area contributed by atoms with Crippen molar-refractivity contribution in [2.24, 2.45) is 0 Å². The summed E-state index contributed by atoms with van der Waals surface area (Å²) in [6, 6.07) is 4.28. The Balaban J connectivity index is 1.57. The van der Waals surface area contributed by atoms with Crippen LogP contribution in [0.1, 0.15) is 41.9 Å². The number of nitrogens with two attached hydrogens (primary N) is 1. The van der Waals surface area contributed by atoms with E-state index in [1.54, 1.807) is 12.1 Å². The van der Waals surface area contributed by atoms with Crippen molar-refractivity contribution in [2.75, 3.05) is 37.2 Å². The average Bonchev–Trinajstić information content (AvgIpc) is 3.42. The van der Waals surface area contributed by atoms with Crippen molar-refractivity contribution in [3.8, 4) is 11.8 Å². The summed E-state index contributed by atoms with van der Waals surface area (Å²) in [6.45, 7) is 5.91. The molecule has 9 nitrogen and oxygen atoms in total. The Kier molecular flexibility index (Phi) is 8.11. The number of pyridine rings is 1. The van der Waals surface area contributed by atoms with Crippen molar-refractivity contribution < 1.29 is 22.4 Å². The highest BCUT2D eigenvalue weighted by molar-refractivity contribution is 5.98. The number of carbonyl (C=O) groups is 1. The second kappa shape index (κ2) is 11.3. The van der Waals surface area contributed by atoms with E-state index in [0.717, 1.165) is 13.1 Å². The number of nitrogens with zero attached hydrogens (tertiary/aromatic N) is 5. The van der Waals surface area contributed by atoms with Gasteiger partial charge in [-0.15, -0.1) is 0 Å². The lowest BCUT2D eigenvalue weighted by molar-refractivity contribution is -0.127. The third-order valence-corrected chi connectivity index (χ3v) is 6.51. The van der Waals surface area contributed by atoms with E-state index in [0.29, 0.717) is 18.8 Å². The second-order valence-corrected chi connectivity index (χ2v) is 9.02. The summed E-state index contributed by atoms with van der Waals surface area (Å²) in [5, 5.41) is 14.0. The van der Waals surface area contributed by atoms with E-state index in [9.17, 15) is 22.4 Å². The molecule has 1 fully saturated rings. The zero-order chi connectivity index (χ0) is 27.4. The number of halogens is 4. The van der Waals surface area contributed by atoms with E-state index in [-0.39, 0.29) is 41.2 Å². The number of rotatable bonds is 7. The summed E-state index contributed by atoms with van der Waals surface area (Å²) in [5.74, 6) is 5.42. The number of nitrogen functional groups attached to an aromatic ring is 1. The highest BCUT2D eigenvalue weighted by Crippen LogP contribution is 2.28. The number of likely N-dealkylation sites (tertiary alicyclic amines) is 1. The maximum Gasteiger partial charge on any atom is 0.393 e. The molecule has 1 amide bonds. The number of carbonyl (C=O) groups excluding carboxylic acids is 1. The van der Waals surface area contributed by atoms with E-state index in [1.165, 1.54) is 21.5 Å². The molecule has 4 heterocycles. The van der Waals surface area contributed by atoms with Gasteiger partial charge in [0, 0.05) is 25.2 Å². The van der Waals surface area contributed by atoms with Gasteiger partial charge in [-0.05, 0) is 37.9 Å². The van der Waals surface area contributed by atoms with E-state index in [1.807, 2.05) is 18.7 Å². The molecule has 1 saturated heterocycles. The summed E-state index contributed by atoms with van der Waals surface area (Å²) in [6.07, 6.45) is -4.97. The predicted octanol–water partition coefficient (Wildman–Crippen LogP) is 2.86. The topological polar surface area (TPSA) is 106 Å². The maximum absolute atomic E-state index is 14.8. The van der Waals surface area contributed by atoms with Gasteiger partial charge < -0.3 is 21.3 Å². The Morgan fingerprint density at radius 1 is 1.26 bits per heavy atom. The van der Waals surface area contributed by atoms with Crippen LogP contribution >= 0.6 is 0 Å². The number of fused-ring (bicyclic) bond motifs is 1. The molecular formula is C25H30F4N8O. The molecule has 3 aromatic rings. The first kappa shape index (κ1) is 27.3. The number of aromatic nitrogens is 4. The lowest BCUT2D eigenvalue weighted by Crippen LogP contribution is -2.47. The number of amides is 1. The monoisotopic (exact) mass is 534 g/mol. The third-order valence-electron chi connectivity index (χ3n) is 6.51. The first-order valence-corrected chi connectivity index (χ1v) is 12.4. The molecule has 0 spiro atoms. The van der Waals surface area contributed by atoms with Crippen molar-refractivity contribution in [3.63, 3.8) is 0 Å². The van der Waals surface area contributed by atoms with Crippen LogP contribution in [0.25, 0.3) is 5.52 Å². The number of hydrogen-bond acceptors (Lipinski definition) is 6. The standard InChI is InChI=1S/C25H30F4N8O/c1-3-35-12-10-20(18(26)15-35)33-22-9-5-8-21-16(13-25(27,28)29)19(34-37(21)22)7-6-11-31-24(38)17-14-32-36(4-2)23(17)30/h5,8-9,14,18,20,33H,3-4,10-13,15,30H2,1-2H3,(H,31,38)/t18-,20+/m0/s1. The molecule has 0 bridgehead atoms. The molecule has 0 unspecified atom stereocenters. The summed E-state index contributed by atoms with van der Waals surface area (Å²) in [5.41, 5.74) is 6.14. The van der Waals surface area contributed by atoms with Gasteiger partial charge in [-0.3, -0.25) is 4.79 Å². The number of piperidine rings is 1. The van der Waals surface area contributed by atoms with Crippen molar-refractivity contribution in [1.82, 2.24) is 29.6 Å². The summed E-state index contributed by atoms with van der Waals surface area (Å²) >= 11 is 0. The molecule has 0 aliphatic carbocycles. The smallest absolute Gasteiger partial charge is 0.383 e. The molecule has 1 aliphatic heterocycles. The summed E-state index contributed by atoms with van der Waals surface area (Å²) in [4.78, 5) is 14.4. The Morgan fingerprint density at radius 2 is 2.05 bits per heavy atom. The summed E-state index contributed by atoms with van der Waals surface area (Å²) in [7, 11) is 0. The van der Waals surface area contributed by atoms with E-state index < -0.39 is 30.7 Å². The van der Waals surface area contributed by atoms with Gasteiger partial charge in [0.25, 0.3) is 5.91 Å². The van der Waals surface area contributed by atoms with Crippen molar-refractivity contribution >= 4 is 23.1 Å². The van der Waals surface area contributed by atoms with Gasteiger partial charge in [0.2, 0.25) is 0 Å². The molecule has 204 valence electrons. The largest absolute Gasteiger partial charge is 0.393 e. The molecular weight excluding hydrogens is 504 g/mol. The molecule has 3 aromatic heterocycles. The zero-order valence-electron chi connectivity index (χ0n) is 21.1. The van der Waals surface area contributed by atoms with Crippen LogP contribution in [0.3, 0.4) is 0 Å². The number of alkyl halides is 4. The van der Waals surface area contributed by atoms with Crippen molar-refractivity contribution in [3.05, 3.63) is 41.2 Å². The summed E-state index contributed by atoms with van der Waals surface area (Å²) < 4.78 is 57.9. The van der Waals surface area contributed by atoms with Gasteiger partial charge in [0.1, 0.15) is 29.1 Å². The van der Waals surface area contributed by atoms with Crippen LogP contribution in [0.4, 0.5) is 29.2 Å². The van der Waals surface area contributed by atoms with Crippen LogP contribution in [0.2, 0.25) is 0 Å². The molecule has 0 saturated carbocycles. The van der Waals surface area contributed by atoms with Crippen molar-refractivity contribution in [1.29, 1.82) is 0 Å². The molecule has 0 aromatic carbocycles. The van der Waals surface area contributed by atoms with Crippen LogP contribution in [-0.2, 0) is 13.0 Å². The molecule has 0 radical (unpaired) electrons. The minimum absolute atomic E-state index is 0.0678. The van der Waals surface area contributed by atoms with Crippen LogP contribution in [0.15, 0.2) is 24.4 Å². The molecule has 1 aliphatic rings. The Labute approximate surface area is 217 Å². The molecule has 38 heavy (non-hydrogen) atoms. The molecule has 2 atom stereocenters. The number of nitrogens with one attached hydrogen (secondary N) is 2. The Morgan fingerprint density at radius 3 is 2.71 bits per heavy atom. The van der Waals surface area contributed by atoms with E-state index >= 15 is 0 Å². The van der Waals surface area contributed by atoms with E-state index in [4.69, 9.17) is 5.73 Å². The SMILES string of the molecule is CCN1CC[C@@H](Nc2cccc3c(CC(F)(F)F)c(C#CCNC(=O)c4cnn(CC)c4N)nn23)[C@@H](F)C1. The number of anilines is 2. The van der Waals surface area contributed by atoms with Gasteiger partial charge in [0.15, 0.2) is 0 Å². The Hall–Kier alpha value is -3.79. The van der Waals surface area contributed by atoms with Crippen molar-refractivity contribution in [2.45, 2.75) is 51.6 Å². The number of hydrogen-bond donors (Lipinski definition) is 3. The minimum atomic E-state index is -4.49. The van der Waals surface area contributed by atoms with Crippen LogP contribution < -0.4 is 16.4 Å². The van der Waals surface area contributed by atoms with Gasteiger partial charge >= 0.3 is 6.18 Å². The lowest BCUT2D eigenvalue weighted by atomic mass is 10.0. The normalized spacial score (nSPS) is 18.3. The van der Waals surface area contributed by atoms with Crippen LogP contribution in [0.5, 0.6) is 0 Å².